The molecule has 8 nitrogen and oxygen atoms in total. The average molecular weight is 426 g/mol. The van der Waals surface area contributed by atoms with Crippen LogP contribution in [0.25, 0.3) is 22.5 Å². The van der Waals surface area contributed by atoms with Crippen molar-refractivity contribution in [2.24, 2.45) is 16.5 Å². The van der Waals surface area contributed by atoms with E-state index in [1.54, 1.807) is 31.2 Å². The number of benzene rings is 2. The van der Waals surface area contributed by atoms with E-state index in [1.165, 1.54) is 0 Å². The minimum absolute atomic E-state index is 0.00899. The summed E-state index contributed by atoms with van der Waals surface area (Å²) in [6.45, 7) is 1.52. The first kappa shape index (κ1) is 21.1. The Morgan fingerprint density at radius 1 is 0.933 bits per heavy atom. The molecule has 1 heterocycles. The molecule has 0 bridgehead atoms. The highest BCUT2D eigenvalue weighted by Crippen LogP contribution is 2.30. The predicted octanol–water partition coefficient (Wildman–Crippen LogP) is 2.38. The van der Waals surface area contributed by atoms with Crippen LogP contribution in [0, 0.1) is 0 Å². The molecule has 3 aromatic rings. The Balaban J connectivity index is 2.01. The van der Waals surface area contributed by atoms with Gasteiger partial charge >= 0.3 is 0 Å². The van der Waals surface area contributed by atoms with Crippen LogP contribution in [0.1, 0.15) is 6.92 Å². The Hall–Kier alpha value is -3.59. The van der Waals surface area contributed by atoms with Gasteiger partial charge in [0.05, 0.1) is 5.75 Å². The Labute approximate surface area is 175 Å². The number of guanidine groups is 1. The minimum atomic E-state index is -3.36. The summed E-state index contributed by atoms with van der Waals surface area (Å²) in [5.74, 6) is -0.773. The highest BCUT2D eigenvalue weighted by atomic mass is 32.2. The van der Waals surface area contributed by atoms with Gasteiger partial charge in [-0.05, 0) is 42.3 Å². The third-order valence-corrected chi connectivity index (χ3v) is 5.74. The van der Waals surface area contributed by atoms with Crippen molar-refractivity contribution in [3.05, 3.63) is 66.7 Å². The zero-order valence-corrected chi connectivity index (χ0v) is 17.3. The molecule has 0 unspecified atom stereocenters. The molecule has 0 aliphatic rings. The van der Waals surface area contributed by atoms with Crippen LogP contribution in [0.3, 0.4) is 0 Å². The molecule has 0 saturated heterocycles. The summed E-state index contributed by atoms with van der Waals surface area (Å²) in [6.07, 6.45) is 0. The van der Waals surface area contributed by atoms with E-state index in [2.05, 4.69) is 9.71 Å². The van der Waals surface area contributed by atoms with Crippen molar-refractivity contribution >= 4 is 27.6 Å². The standard InChI is InChI=1S/C21H23N5O3S/c1-2-30(28,29)25-17-10-8-16(9-11-17)19-13-12-18(15-6-4-3-5-7-15)26(19)14-20(27)24-21(22)23/h3-13,25H,2,14H2,1H3,(H4,22,23,24,27). The van der Waals surface area contributed by atoms with Crippen molar-refractivity contribution < 1.29 is 13.2 Å². The fourth-order valence-electron chi connectivity index (χ4n) is 3.03. The van der Waals surface area contributed by atoms with Crippen LogP contribution in [-0.2, 0) is 21.4 Å². The number of aromatic nitrogens is 1. The van der Waals surface area contributed by atoms with Gasteiger partial charge in [0.2, 0.25) is 10.0 Å². The highest BCUT2D eigenvalue weighted by molar-refractivity contribution is 7.92. The second-order valence-corrected chi connectivity index (χ2v) is 8.58. The molecule has 0 saturated carbocycles. The fraction of sp³-hybridized carbons (Fsp3) is 0.143. The number of sulfonamides is 1. The Bertz CT molecular complexity index is 1160. The van der Waals surface area contributed by atoms with Gasteiger partial charge in [0, 0.05) is 17.1 Å². The number of hydrogen-bond donors (Lipinski definition) is 3. The normalized spacial score (nSPS) is 11.1. The molecule has 2 aromatic carbocycles. The summed E-state index contributed by atoms with van der Waals surface area (Å²) in [5.41, 5.74) is 14.5. The third-order valence-electron chi connectivity index (χ3n) is 4.43. The van der Waals surface area contributed by atoms with Crippen LogP contribution >= 0.6 is 0 Å². The van der Waals surface area contributed by atoms with Gasteiger partial charge in [-0.3, -0.25) is 9.52 Å². The number of anilines is 1. The maximum absolute atomic E-state index is 12.3. The number of carbonyl (C=O) groups is 1. The lowest BCUT2D eigenvalue weighted by molar-refractivity contribution is -0.118. The molecule has 5 N–H and O–H groups in total. The molecule has 1 aromatic heterocycles. The minimum Gasteiger partial charge on any atom is -0.370 e. The molecule has 156 valence electrons. The van der Waals surface area contributed by atoms with Gasteiger partial charge in [-0.1, -0.05) is 42.5 Å². The maximum Gasteiger partial charge on any atom is 0.268 e. The van der Waals surface area contributed by atoms with Gasteiger partial charge in [-0.2, -0.15) is 4.99 Å². The van der Waals surface area contributed by atoms with E-state index in [9.17, 15) is 13.2 Å². The Morgan fingerprint density at radius 2 is 1.50 bits per heavy atom. The van der Waals surface area contributed by atoms with Crippen molar-refractivity contribution in [2.45, 2.75) is 13.5 Å². The second-order valence-electron chi connectivity index (χ2n) is 6.57. The molecule has 0 atom stereocenters. The number of rotatable bonds is 7. The lowest BCUT2D eigenvalue weighted by atomic mass is 10.1. The maximum atomic E-state index is 12.3. The number of nitrogens with one attached hydrogen (secondary N) is 1. The largest absolute Gasteiger partial charge is 0.370 e. The van der Waals surface area contributed by atoms with Crippen molar-refractivity contribution in [1.29, 1.82) is 0 Å². The van der Waals surface area contributed by atoms with Gasteiger partial charge in [-0.25, -0.2) is 8.42 Å². The van der Waals surface area contributed by atoms with E-state index < -0.39 is 15.9 Å². The van der Waals surface area contributed by atoms with E-state index in [4.69, 9.17) is 11.5 Å². The molecule has 9 heteroatoms. The summed E-state index contributed by atoms with van der Waals surface area (Å²) < 4.78 is 27.9. The molecular formula is C21H23N5O3S. The summed E-state index contributed by atoms with van der Waals surface area (Å²) >= 11 is 0. The first-order valence-corrected chi connectivity index (χ1v) is 10.9. The summed E-state index contributed by atoms with van der Waals surface area (Å²) in [7, 11) is -3.36. The molecule has 0 radical (unpaired) electrons. The summed E-state index contributed by atoms with van der Waals surface area (Å²) in [6, 6.07) is 20.4. The smallest absolute Gasteiger partial charge is 0.268 e. The van der Waals surface area contributed by atoms with E-state index >= 15 is 0 Å². The van der Waals surface area contributed by atoms with Crippen molar-refractivity contribution in [3.8, 4) is 22.5 Å². The van der Waals surface area contributed by atoms with Crippen molar-refractivity contribution in [1.82, 2.24) is 4.57 Å². The van der Waals surface area contributed by atoms with Crippen LogP contribution in [0.2, 0.25) is 0 Å². The van der Waals surface area contributed by atoms with Crippen LogP contribution < -0.4 is 16.2 Å². The van der Waals surface area contributed by atoms with Crippen LogP contribution in [0.15, 0.2) is 71.7 Å². The first-order valence-electron chi connectivity index (χ1n) is 9.27. The second kappa shape index (κ2) is 8.83. The molecule has 0 aliphatic carbocycles. The molecule has 1 amide bonds. The molecule has 3 rings (SSSR count). The van der Waals surface area contributed by atoms with Crippen molar-refractivity contribution in [2.75, 3.05) is 10.5 Å². The van der Waals surface area contributed by atoms with Gasteiger partial charge < -0.3 is 16.0 Å². The number of nitrogens with two attached hydrogens (primary N) is 2. The zero-order valence-electron chi connectivity index (χ0n) is 16.4. The molecule has 0 fully saturated rings. The van der Waals surface area contributed by atoms with Gasteiger partial charge in [0.25, 0.3) is 5.91 Å². The predicted molar refractivity (Wildman–Crippen MR) is 119 cm³/mol. The topological polar surface area (TPSA) is 133 Å². The summed E-state index contributed by atoms with van der Waals surface area (Å²) in [4.78, 5) is 15.9. The number of carbonyl (C=O) groups excluding carboxylic acids is 1. The average Bonchev–Trinajstić information content (AvgIpc) is 3.11. The van der Waals surface area contributed by atoms with E-state index in [0.29, 0.717) is 5.69 Å². The SMILES string of the molecule is CCS(=O)(=O)Nc1ccc(-c2ccc(-c3ccccc3)n2CC(=O)N=C(N)N)cc1. The molecule has 0 spiro atoms. The van der Waals surface area contributed by atoms with E-state index in [0.717, 1.165) is 22.5 Å². The van der Waals surface area contributed by atoms with E-state index in [1.807, 2.05) is 47.0 Å². The lowest BCUT2D eigenvalue weighted by Gasteiger charge is -2.13. The number of hydrogen-bond acceptors (Lipinski definition) is 3. The fourth-order valence-corrected chi connectivity index (χ4v) is 3.67. The van der Waals surface area contributed by atoms with Crippen LogP contribution in [-0.4, -0.2) is 30.6 Å². The van der Waals surface area contributed by atoms with Gasteiger partial charge in [-0.15, -0.1) is 0 Å². The van der Waals surface area contributed by atoms with Gasteiger partial charge in [0.15, 0.2) is 5.96 Å². The number of nitrogens with zero attached hydrogens (tertiary/aromatic N) is 2. The van der Waals surface area contributed by atoms with Crippen molar-refractivity contribution in [3.63, 3.8) is 0 Å². The quantitative estimate of drug-likeness (QED) is 0.395. The number of aliphatic imine (C=N–C) groups is 1. The summed E-state index contributed by atoms with van der Waals surface area (Å²) in [5, 5.41) is 0. The highest BCUT2D eigenvalue weighted by Gasteiger charge is 2.15. The molecule has 30 heavy (non-hydrogen) atoms. The van der Waals surface area contributed by atoms with E-state index in [-0.39, 0.29) is 18.3 Å². The lowest BCUT2D eigenvalue weighted by Crippen LogP contribution is -2.25. The Kier molecular flexibility index (Phi) is 6.22. The first-order chi connectivity index (χ1) is 14.3. The van der Waals surface area contributed by atoms with Gasteiger partial charge in [0.1, 0.15) is 6.54 Å². The van der Waals surface area contributed by atoms with Crippen LogP contribution in [0.4, 0.5) is 5.69 Å². The number of amides is 1. The zero-order chi connectivity index (χ0) is 21.7. The van der Waals surface area contributed by atoms with Crippen LogP contribution in [0.5, 0.6) is 0 Å². The Morgan fingerprint density at radius 3 is 2.03 bits per heavy atom. The third kappa shape index (κ3) is 5.06. The molecule has 0 aliphatic heterocycles. The monoisotopic (exact) mass is 425 g/mol. The molecular weight excluding hydrogens is 402 g/mol.